The molecule has 20 heavy (non-hydrogen) atoms. The van der Waals surface area contributed by atoms with Gasteiger partial charge in [-0.3, -0.25) is 0 Å². The molecule has 8 N–H and O–H groups in total. The molecule has 0 amide bonds. The molecule has 4 heteroatoms. The molecule has 2 unspecified atom stereocenters. The van der Waals surface area contributed by atoms with E-state index in [1.165, 1.54) is 51.4 Å². The smallest absolute Gasteiger partial charge is 0.0192 e. The minimum absolute atomic E-state index is 0.175. The highest BCUT2D eigenvalue weighted by molar-refractivity contribution is 4.75. The molecule has 0 spiro atoms. The number of unbranched alkanes of at least 4 members (excludes halogenated alkanes) is 8. The van der Waals surface area contributed by atoms with E-state index in [2.05, 4.69) is 0 Å². The summed E-state index contributed by atoms with van der Waals surface area (Å²) in [4.78, 5) is 0. The Kier molecular flexibility index (Phi) is 15.1. The molecule has 0 fully saturated rings. The van der Waals surface area contributed by atoms with Crippen LogP contribution in [-0.2, 0) is 0 Å². The van der Waals surface area contributed by atoms with Gasteiger partial charge in [0, 0.05) is 12.1 Å². The minimum atomic E-state index is 0.175. The normalized spacial score (nSPS) is 14.4. The van der Waals surface area contributed by atoms with Crippen molar-refractivity contribution in [1.82, 2.24) is 0 Å². The highest BCUT2D eigenvalue weighted by atomic mass is 14.8. The van der Waals surface area contributed by atoms with E-state index in [9.17, 15) is 0 Å². The Hall–Kier alpha value is -0.160. The summed E-state index contributed by atoms with van der Waals surface area (Å²) in [6, 6.07) is 0.349. The highest BCUT2D eigenvalue weighted by Crippen LogP contribution is 2.12. The summed E-state index contributed by atoms with van der Waals surface area (Å²) in [6.07, 6.45) is 14.4. The lowest BCUT2D eigenvalue weighted by atomic mass is 9.97. The zero-order valence-electron chi connectivity index (χ0n) is 13.4. The van der Waals surface area contributed by atoms with Gasteiger partial charge in [0.15, 0.2) is 0 Å². The number of nitrogens with two attached hydrogens (primary N) is 4. The molecule has 0 aromatic heterocycles. The molecule has 0 aromatic carbocycles. The van der Waals surface area contributed by atoms with Crippen LogP contribution in [-0.4, -0.2) is 25.2 Å². The molecule has 0 aliphatic carbocycles. The maximum Gasteiger partial charge on any atom is 0.0192 e. The lowest BCUT2D eigenvalue weighted by molar-refractivity contribution is 0.430. The van der Waals surface area contributed by atoms with Gasteiger partial charge in [-0.1, -0.05) is 51.4 Å². The van der Waals surface area contributed by atoms with Crippen molar-refractivity contribution in [3.05, 3.63) is 0 Å². The first-order valence-corrected chi connectivity index (χ1v) is 8.63. The average molecular weight is 287 g/mol. The summed E-state index contributed by atoms with van der Waals surface area (Å²) >= 11 is 0. The van der Waals surface area contributed by atoms with Crippen LogP contribution in [0.1, 0.15) is 77.0 Å². The van der Waals surface area contributed by atoms with Crippen LogP contribution in [0.4, 0.5) is 0 Å². The van der Waals surface area contributed by atoms with Gasteiger partial charge in [0.1, 0.15) is 0 Å². The van der Waals surface area contributed by atoms with Crippen LogP contribution in [0, 0.1) is 0 Å². The van der Waals surface area contributed by atoms with Crippen molar-refractivity contribution >= 4 is 0 Å². The SMILES string of the molecule is NCCCCCCCC(N)C(N)CCCCCCCN. The molecule has 0 radical (unpaired) electrons. The fourth-order valence-corrected chi connectivity index (χ4v) is 2.54. The number of hydrogen-bond donors (Lipinski definition) is 4. The fraction of sp³-hybridized carbons (Fsp3) is 1.00. The Labute approximate surface area is 126 Å². The van der Waals surface area contributed by atoms with Crippen LogP contribution in [0.3, 0.4) is 0 Å². The second kappa shape index (κ2) is 15.2. The van der Waals surface area contributed by atoms with Crippen molar-refractivity contribution < 1.29 is 0 Å². The van der Waals surface area contributed by atoms with E-state index in [0.29, 0.717) is 0 Å². The molecule has 0 rings (SSSR count). The summed E-state index contributed by atoms with van der Waals surface area (Å²) in [7, 11) is 0. The van der Waals surface area contributed by atoms with Gasteiger partial charge in [-0.2, -0.15) is 0 Å². The first kappa shape index (κ1) is 19.8. The molecule has 0 aliphatic rings. The van der Waals surface area contributed by atoms with Crippen LogP contribution in [0.15, 0.2) is 0 Å². The summed E-state index contributed by atoms with van der Waals surface area (Å²) in [5.41, 5.74) is 23.3. The molecule has 0 bridgehead atoms. The summed E-state index contributed by atoms with van der Waals surface area (Å²) in [5, 5.41) is 0. The highest BCUT2D eigenvalue weighted by Gasteiger charge is 2.12. The van der Waals surface area contributed by atoms with E-state index in [1.54, 1.807) is 0 Å². The molecule has 0 aliphatic heterocycles. The van der Waals surface area contributed by atoms with E-state index < -0.39 is 0 Å². The molecule has 4 nitrogen and oxygen atoms in total. The van der Waals surface area contributed by atoms with Crippen LogP contribution >= 0.6 is 0 Å². The van der Waals surface area contributed by atoms with Crippen molar-refractivity contribution in [3.8, 4) is 0 Å². The van der Waals surface area contributed by atoms with Gasteiger partial charge < -0.3 is 22.9 Å². The second-order valence-corrected chi connectivity index (χ2v) is 6.02. The topological polar surface area (TPSA) is 104 Å². The summed E-state index contributed by atoms with van der Waals surface area (Å²) in [5.74, 6) is 0. The summed E-state index contributed by atoms with van der Waals surface area (Å²) in [6.45, 7) is 1.63. The lowest BCUT2D eigenvalue weighted by Gasteiger charge is -2.19. The average Bonchev–Trinajstić information content (AvgIpc) is 2.45. The van der Waals surface area contributed by atoms with E-state index in [-0.39, 0.29) is 12.1 Å². The molecule has 0 saturated carbocycles. The van der Waals surface area contributed by atoms with E-state index in [4.69, 9.17) is 22.9 Å². The third kappa shape index (κ3) is 12.9. The zero-order valence-corrected chi connectivity index (χ0v) is 13.4. The van der Waals surface area contributed by atoms with Crippen molar-refractivity contribution in [2.75, 3.05) is 13.1 Å². The third-order valence-corrected chi connectivity index (χ3v) is 4.03. The molecule has 122 valence electrons. The standard InChI is InChI=1S/C16H38N4/c17-13-9-5-1-3-7-11-15(19)16(20)12-8-4-2-6-10-14-18/h15-16H,1-14,17-20H2. The van der Waals surface area contributed by atoms with Crippen LogP contribution in [0.25, 0.3) is 0 Å². The maximum absolute atomic E-state index is 6.16. The Morgan fingerprint density at radius 1 is 0.450 bits per heavy atom. The quantitative estimate of drug-likeness (QED) is 0.346. The second-order valence-electron chi connectivity index (χ2n) is 6.02. The van der Waals surface area contributed by atoms with E-state index in [1.807, 2.05) is 0 Å². The van der Waals surface area contributed by atoms with Gasteiger partial charge in [0.05, 0.1) is 0 Å². The molecular weight excluding hydrogens is 248 g/mol. The van der Waals surface area contributed by atoms with E-state index in [0.717, 1.165) is 38.8 Å². The Morgan fingerprint density at radius 3 is 1.10 bits per heavy atom. The molecule has 2 atom stereocenters. The maximum atomic E-state index is 6.16. The Morgan fingerprint density at radius 2 is 0.750 bits per heavy atom. The van der Waals surface area contributed by atoms with Crippen LogP contribution in [0.5, 0.6) is 0 Å². The van der Waals surface area contributed by atoms with Crippen LogP contribution in [0.2, 0.25) is 0 Å². The summed E-state index contributed by atoms with van der Waals surface area (Å²) < 4.78 is 0. The van der Waals surface area contributed by atoms with Crippen molar-refractivity contribution in [3.63, 3.8) is 0 Å². The molecular formula is C16H38N4. The van der Waals surface area contributed by atoms with E-state index >= 15 is 0 Å². The Balaban J connectivity index is 3.35. The van der Waals surface area contributed by atoms with Crippen molar-refractivity contribution in [2.45, 2.75) is 89.1 Å². The Bertz CT molecular complexity index is 167. The largest absolute Gasteiger partial charge is 0.330 e. The third-order valence-electron chi connectivity index (χ3n) is 4.03. The minimum Gasteiger partial charge on any atom is -0.330 e. The van der Waals surface area contributed by atoms with Crippen molar-refractivity contribution in [1.29, 1.82) is 0 Å². The zero-order chi connectivity index (χ0) is 15.1. The van der Waals surface area contributed by atoms with Gasteiger partial charge >= 0.3 is 0 Å². The van der Waals surface area contributed by atoms with Gasteiger partial charge in [-0.25, -0.2) is 0 Å². The predicted molar refractivity (Wildman–Crippen MR) is 89.5 cm³/mol. The number of rotatable bonds is 15. The van der Waals surface area contributed by atoms with Crippen molar-refractivity contribution in [2.24, 2.45) is 22.9 Å². The molecule has 0 aromatic rings. The molecule has 0 heterocycles. The lowest BCUT2D eigenvalue weighted by Crippen LogP contribution is -2.41. The first-order valence-electron chi connectivity index (χ1n) is 8.63. The van der Waals surface area contributed by atoms with Gasteiger partial charge in [-0.15, -0.1) is 0 Å². The van der Waals surface area contributed by atoms with Gasteiger partial charge in [-0.05, 0) is 38.8 Å². The first-order chi connectivity index (χ1) is 9.72. The fourth-order valence-electron chi connectivity index (χ4n) is 2.54. The predicted octanol–water partition coefficient (Wildman–Crippen LogP) is 2.24. The molecule has 0 saturated heterocycles. The monoisotopic (exact) mass is 286 g/mol. The van der Waals surface area contributed by atoms with Gasteiger partial charge in [0.25, 0.3) is 0 Å². The number of hydrogen-bond acceptors (Lipinski definition) is 4. The van der Waals surface area contributed by atoms with Crippen LogP contribution < -0.4 is 22.9 Å². The van der Waals surface area contributed by atoms with Gasteiger partial charge in [0.2, 0.25) is 0 Å².